The van der Waals surface area contributed by atoms with E-state index in [0.717, 1.165) is 22.8 Å². The van der Waals surface area contributed by atoms with Crippen molar-refractivity contribution in [3.05, 3.63) is 41.7 Å². The lowest BCUT2D eigenvalue weighted by Crippen LogP contribution is -2.32. The van der Waals surface area contributed by atoms with Crippen molar-refractivity contribution in [3.8, 4) is 5.69 Å². The Kier molecular flexibility index (Phi) is 5.50. The van der Waals surface area contributed by atoms with Crippen LogP contribution < -0.4 is 5.32 Å². The number of carbonyl (C=O) groups is 1. The molecule has 1 amide bonds. The Hall–Kier alpha value is -2.18. The van der Waals surface area contributed by atoms with Crippen molar-refractivity contribution < 1.29 is 9.90 Å². The van der Waals surface area contributed by atoms with Gasteiger partial charge in [0.1, 0.15) is 0 Å². The first-order valence-corrected chi connectivity index (χ1v) is 8.86. The lowest BCUT2D eigenvalue weighted by atomic mass is 10.2. The van der Waals surface area contributed by atoms with Crippen LogP contribution in [0.1, 0.15) is 30.7 Å². The van der Waals surface area contributed by atoms with E-state index < -0.39 is 0 Å². The fourth-order valence-corrected chi connectivity index (χ4v) is 3.14. The number of benzene rings is 1. The van der Waals surface area contributed by atoms with E-state index in [-0.39, 0.29) is 12.5 Å². The maximum Gasteiger partial charge on any atom is 0.225 e. The zero-order valence-corrected chi connectivity index (χ0v) is 14.9. The predicted molar refractivity (Wildman–Crippen MR) is 98.0 cm³/mol. The SMILES string of the molecule is Cc1nn(-c2ccccc2)c(C)c1NC(=O)CCN(CCO)C1CC1. The molecular formula is C19H26N4O2. The van der Waals surface area contributed by atoms with Crippen LogP contribution in [0.5, 0.6) is 0 Å². The summed E-state index contributed by atoms with van der Waals surface area (Å²) in [5.74, 6) is -0.0117. The first-order chi connectivity index (χ1) is 12.1. The molecule has 1 heterocycles. The third-order valence-electron chi connectivity index (χ3n) is 4.63. The van der Waals surface area contributed by atoms with Crippen LogP contribution in [0.3, 0.4) is 0 Å². The van der Waals surface area contributed by atoms with E-state index >= 15 is 0 Å². The van der Waals surface area contributed by atoms with Gasteiger partial charge in [0.25, 0.3) is 0 Å². The molecule has 6 nitrogen and oxygen atoms in total. The molecule has 2 N–H and O–H groups in total. The monoisotopic (exact) mass is 342 g/mol. The van der Waals surface area contributed by atoms with E-state index in [1.54, 1.807) is 0 Å². The first kappa shape index (κ1) is 17.6. The molecule has 1 aromatic carbocycles. The van der Waals surface area contributed by atoms with Gasteiger partial charge >= 0.3 is 0 Å². The van der Waals surface area contributed by atoms with Crippen molar-refractivity contribution in [1.29, 1.82) is 0 Å². The standard InChI is InChI=1S/C19H26N4O2/c1-14-19(15(2)23(21-14)17-6-4-3-5-7-17)20-18(25)10-11-22(12-13-24)16-8-9-16/h3-7,16,24H,8-13H2,1-2H3,(H,20,25). The van der Waals surface area contributed by atoms with Gasteiger partial charge in [0.15, 0.2) is 0 Å². The molecule has 25 heavy (non-hydrogen) atoms. The fraction of sp³-hybridized carbons (Fsp3) is 0.474. The van der Waals surface area contributed by atoms with Crippen LogP contribution in [0.2, 0.25) is 0 Å². The normalized spacial score (nSPS) is 14.1. The summed E-state index contributed by atoms with van der Waals surface area (Å²) < 4.78 is 1.85. The number of nitrogens with zero attached hydrogens (tertiary/aromatic N) is 3. The summed E-state index contributed by atoms with van der Waals surface area (Å²) in [6, 6.07) is 10.4. The van der Waals surface area contributed by atoms with Crippen LogP contribution in [0.25, 0.3) is 5.69 Å². The molecule has 0 saturated heterocycles. The minimum absolute atomic E-state index is 0.0117. The van der Waals surface area contributed by atoms with E-state index in [1.807, 2.05) is 48.9 Å². The van der Waals surface area contributed by atoms with E-state index in [4.69, 9.17) is 5.11 Å². The second-order valence-electron chi connectivity index (χ2n) is 6.58. The Balaban J connectivity index is 1.64. The lowest BCUT2D eigenvalue weighted by molar-refractivity contribution is -0.116. The molecule has 2 aromatic rings. The molecule has 1 aromatic heterocycles. The smallest absolute Gasteiger partial charge is 0.225 e. The van der Waals surface area contributed by atoms with Gasteiger partial charge in [-0.1, -0.05) is 18.2 Å². The maximum atomic E-state index is 12.4. The number of para-hydroxylation sites is 1. The van der Waals surface area contributed by atoms with Crippen molar-refractivity contribution >= 4 is 11.6 Å². The number of rotatable bonds is 8. The number of hydrogen-bond donors (Lipinski definition) is 2. The van der Waals surface area contributed by atoms with Crippen molar-refractivity contribution in [3.63, 3.8) is 0 Å². The van der Waals surface area contributed by atoms with Gasteiger partial charge < -0.3 is 10.4 Å². The summed E-state index contributed by atoms with van der Waals surface area (Å²) >= 11 is 0. The number of carbonyl (C=O) groups excluding carboxylic acids is 1. The second-order valence-corrected chi connectivity index (χ2v) is 6.58. The van der Waals surface area contributed by atoms with Gasteiger partial charge in [-0.25, -0.2) is 4.68 Å². The number of nitrogens with one attached hydrogen (secondary N) is 1. The lowest BCUT2D eigenvalue weighted by Gasteiger charge is -2.20. The molecule has 0 unspecified atom stereocenters. The zero-order chi connectivity index (χ0) is 17.8. The van der Waals surface area contributed by atoms with Crippen molar-refractivity contribution in [1.82, 2.24) is 14.7 Å². The molecule has 134 valence electrons. The van der Waals surface area contributed by atoms with Crippen LogP contribution >= 0.6 is 0 Å². The average Bonchev–Trinajstić information content (AvgIpc) is 3.42. The second kappa shape index (κ2) is 7.80. The molecule has 0 atom stereocenters. The number of hydrogen-bond acceptors (Lipinski definition) is 4. The highest BCUT2D eigenvalue weighted by atomic mass is 16.3. The summed E-state index contributed by atoms with van der Waals surface area (Å²) in [7, 11) is 0. The first-order valence-electron chi connectivity index (χ1n) is 8.86. The number of amides is 1. The minimum Gasteiger partial charge on any atom is -0.395 e. The predicted octanol–water partition coefficient (Wildman–Crippen LogP) is 2.27. The Bertz CT molecular complexity index is 723. The summed E-state index contributed by atoms with van der Waals surface area (Å²) in [5.41, 5.74) is 3.50. The van der Waals surface area contributed by atoms with Gasteiger partial charge in [0.2, 0.25) is 5.91 Å². The summed E-state index contributed by atoms with van der Waals surface area (Å²) in [6.45, 7) is 5.33. The minimum atomic E-state index is -0.0117. The van der Waals surface area contributed by atoms with Crippen molar-refractivity contribution in [2.24, 2.45) is 0 Å². The molecule has 0 radical (unpaired) electrons. The Morgan fingerprint density at radius 1 is 1.28 bits per heavy atom. The van der Waals surface area contributed by atoms with Gasteiger partial charge in [-0.2, -0.15) is 5.10 Å². The fourth-order valence-electron chi connectivity index (χ4n) is 3.14. The summed E-state index contributed by atoms with van der Waals surface area (Å²) in [4.78, 5) is 14.6. The van der Waals surface area contributed by atoms with Gasteiger partial charge in [0.05, 0.1) is 29.4 Å². The highest BCUT2D eigenvalue weighted by Crippen LogP contribution is 2.27. The topological polar surface area (TPSA) is 70.4 Å². The van der Waals surface area contributed by atoms with Gasteiger partial charge in [-0.15, -0.1) is 0 Å². The number of anilines is 1. The van der Waals surface area contributed by atoms with Crippen LogP contribution in [-0.4, -0.2) is 51.4 Å². The van der Waals surface area contributed by atoms with E-state index in [1.165, 1.54) is 12.8 Å². The number of aliphatic hydroxyl groups excluding tert-OH is 1. The van der Waals surface area contributed by atoms with Crippen LogP contribution in [-0.2, 0) is 4.79 Å². The van der Waals surface area contributed by atoms with E-state index in [2.05, 4.69) is 15.3 Å². The highest BCUT2D eigenvalue weighted by Gasteiger charge is 2.28. The number of aryl methyl sites for hydroxylation is 1. The van der Waals surface area contributed by atoms with E-state index in [9.17, 15) is 4.79 Å². The highest BCUT2D eigenvalue weighted by molar-refractivity contribution is 5.92. The Morgan fingerprint density at radius 3 is 2.64 bits per heavy atom. The molecule has 0 bridgehead atoms. The van der Waals surface area contributed by atoms with Crippen molar-refractivity contribution in [2.75, 3.05) is 25.0 Å². The largest absolute Gasteiger partial charge is 0.395 e. The molecule has 1 fully saturated rings. The van der Waals surface area contributed by atoms with E-state index in [0.29, 0.717) is 25.6 Å². The Morgan fingerprint density at radius 2 is 2.00 bits per heavy atom. The zero-order valence-electron chi connectivity index (χ0n) is 14.9. The molecule has 0 aliphatic heterocycles. The summed E-state index contributed by atoms with van der Waals surface area (Å²) in [5, 5.41) is 16.7. The maximum absolute atomic E-state index is 12.4. The Labute approximate surface area is 148 Å². The molecule has 1 aliphatic carbocycles. The van der Waals surface area contributed by atoms with Gasteiger partial charge in [-0.05, 0) is 38.8 Å². The van der Waals surface area contributed by atoms with Gasteiger partial charge in [-0.3, -0.25) is 9.69 Å². The number of aliphatic hydroxyl groups is 1. The van der Waals surface area contributed by atoms with Crippen molar-refractivity contribution in [2.45, 2.75) is 39.2 Å². The molecule has 3 rings (SSSR count). The van der Waals surface area contributed by atoms with Crippen LogP contribution in [0.4, 0.5) is 5.69 Å². The third-order valence-corrected chi connectivity index (χ3v) is 4.63. The summed E-state index contributed by atoms with van der Waals surface area (Å²) in [6.07, 6.45) is 2.76. The molecular weight excluding hydrogens is 316 g/mol. The molecule has 1 saturated carbocycles. The quantitative estimate of drug-likeness (QED) is 0.772. The van der Waals surface area contributed by atoms with Crippen LogP contribution in [0, 0.1) is 13.8 Å². The number of aromatic nitrogens is 2. The third kappa shape index (κ3) is 4.27. The average molecular weight is 342 g/mol. The molecule has 1 aliphatic rings. The molecule has 0 spiro atoms. The van der Waals surface area contributed by atoms with Gasteiger partial charge in [0, 0.05) is 25.6 Å². The van der Waals surface area contributed by atoms with Crippen LogP contribution in [0.15, 0.2) is 30.3 Å². The molecule has 6 heteroatoms.